The number of hydrogen-bond acceptors (Lipinski definition) is 4. The largest absolute Gasteiger partial charge is 0.348 e. The second-order valence-corrected chi connectivity index (χ2v) is 8.43. The first-order valence-electron chi connectivity index (χ1n) is 11.0. The molecule has 5 heteroatoms. The lowest BCUT2D eigenvalue weighted by atomic mass is 9.88. The van der Waals surface area contributed by atoms with Crippen molar-refractivity contribution in [2.45, 2.75) is 38.3 Å². The van der Waals surface area contributed by atoms with Crippen LogP contribution in [0.25, 0.3) is 0 Å². The Labute approximate surface area is 179 Å². The number of nitriles is 1. The molecule has 1 unspecified atom stereocenters. The molecule has 1 aliphatic carbocycles. The summed E-state index contributed by atoms with van der Waals surface area (Å²) in [7, 11) is 0. The van der Waals surface area contributed by atoms with Crippen molar-refractivity contribution in [3.63, 3.8) is 0 Å². The van der Waals surface area contributed by atoms with Crippen molar-refractivity contribution in [2.75, 3.05) is 32.7 Å². The fraction of sp³-hybridized carbons (Fsp3) is 0.440. The minimum Gasteiger partial charge on any atom is -0.348 e. The summed E-state index contributed by atoms with van der Waals surface area (Å²) < 4.78 is 0. The van der Waals surface area contributed by atoms with Gasteiger partial charge in [0.1, 0.15) is 0 Å². The number of nitrogens with one attached hydrogen (secondary N) is 1. The summed E-state index contributed by atoms with van der Waals surface area (Å²) in [5.74, 6) is 0.136. The van der Waals surface area contributed by atoms with E-state index in [9.17, 15) is 4.79 Å². The maximum absolute atomic E-state index is 12.7. The molecule has 0 saturated carbocycles. The van der Waals surface area contributed by atoms with Crippen LogP contribution in [0.2, 0.25) is 0 Å². The van der Waals surface area contributed by atoms with E-state index in [0.717, 1.165) is 58.4 Å². The van der Waals surface area contributed by atoms with Gasteiger partial charge in [-0.25, -0.2) is 0 Å². The van der Waals surface area contributed by atoms with Crippen molar-refractivity contribution in [1.82, 2.24) is 15.1 Å². The summed E-state index contributed by atoms with van der Waals surface area (Å²) >= 11 is 0. The highest BCUT2D eigenvalue weighted by Crippen LogP contribution is 2.29. The van der Waals surface area contributed by atoms with Crippen LogP contribution < -0.4 is 5.32 Å². The van der Waals surface area contributed by atoms with Crippen LogP contribution in [0.5, 0.6) is 0 Å². The molecule has 1 N–H and O–H groups in total. The van der Waals surface area contributed by atoms with E-state index in [-0.39, 0.29) is 11.9 Å². The first-order valence-corrected chi connectivity index (χ1v) is 11.0. The van der Waals surface area contributed by atoms with Gasteiger partial charge in [0.25, 0.3) is 0 Å². The fourth-order valence-electron chi connectivity index (χ4n) is 4.63. The highest BCUT2D eigenvalue weighted by Gasteiger charge is 2.23. The molecule has 156 valence electrons. The number of carbonyl (C=O) groups excluding carboxylic acids is 1. The van der Waals surface area contributed by atoms with E-state index >= 15 is 0 Å². The number of carbonyl (C=O) groups is 1. The first-order chi connectivity index (χ1) is 14.7. The lowest BCUT2D eigenvalue weighted by molar-refractivity contribution is -0.123. The first kappa shape index (κ1) is 20.6. The zero-order chi connectivity index (χ0) is 20.8. The predicted octanol–water partition coefficient (Wildman–Crippen LogP) is 3.26. The van der Waals surface area contributed by atoms with Crippen molar-refractivity contribution in [3.8, 4) is 6.07 Å². The summed E-state index contributed by atoms with van der Waals surface area (Å²) in [5.41, 5.74) is 4.60. The standard InChI is InChI=1S/C25H30N4O/c26-17-20-9-11-21(12-10-20)18-28-13-4-14-29(16-15-28)19-25(30)27-24-8-3-6-22-5-1-2-7-23(22)24/h1-2,5,7,9-12,24H,3-4,6,8,13-16,18-19H2,(H,27,30). The molecular weight excluding hydrogens is 372 g/mol. The number of nitrogens with zero attached hydrogens (tertiary/aromatic N) is 3. The van der Waals surface area contributed by atoms with E-state index in [1.54, 1.807) is 0 Å². The van der Waals surface area contributed by atoms with Gasteiger partial charge in [0.05, 0.1) is 24.2 Å². The van der Waals surface area contributed by atoms with Gasteiger partial charge in [-0.15, -0.1) is 0 Å². The van der Waals surface area contributed by atoms with E-state index in [2.05, 4.69) is 45.5 Å². The Morgan fingerprint density at radius 1 is 1.00 bits per heavy atom. The summed E-state index contributed by atoms with van der Waals surface area (Å²) in [4.78, 5) is 17.5. The molecule has 1 fully saturated rings. The second-order valence-electron chi connectivity index (χ2n) is 8.43. The Balaban J connectivity index is 1.27. The number of fused-ring (bicyclic) bond motifs is 1. The molecule has 1 amide bonds. The monoisotopic (exact) mass is 402 g/mol. The molecule has 4 rings (SSSR count). The Hall–Kier alpha value is -2.68. The van der Waals surface area contributed by atoms with Crippen LogP contribution >= 0.6 is 0 Å². The zero-order valence-electron chi connectivity index (χ0n) is 17.5. The van der Waals surface area contributed by atoms with Crippen molar-refractivity contribution in [2.24, 2.45) is 0 Å². The highest BCUT2D eigenvalue weighted by atomic mass is 16.2. The fourth-order valence-corrected chi connectivity index (χ4v) is 4.63. The number of amides is 1. The average Bonchev–Trinajstić information content (AvgIpc) is 2.99. The van der Waals surface area contributed by atoms with Gasteiger partial charge < -0.3 is 5.32 Å². The lowest BCUT2D eigenvalue weighted by Gasteiger charge is -2.28. The molecule has 0 spiro atoms. The Morgan fingerprint density at radius 3 is 2.60 bits per heavy atom. The molecule has 2 aromatic carbocycles. The van der Waals surface area contributed by atoms with Gasteiger partial charge in [-0.3, -0.25) is 14.6 Å². The number of aryl methyl sites for hydroxylation is 1. The van der Waals surface area contributed by atoms with E-state index in [4.69, 9.17) is 5.26 Å². The molecule has 0 bridgehead atoms. The molecule has 1 atom stereocenters. The molecule has 1 saturated heterocycles. The van der Waals surface area contributed by atoms with Gasteiger partial charge in [-0.05, 0) is 67.6 Å². The SMILES string of the molecule is N#Cc1ccc(CN2CCCN(CC(=O)NC3CCCc4ccccc43)CC2)cc1. The van der Waals surface area contributed by atoms with Crippen molar-refractivity contribution in [1.29, 1.82) is 5.26 Å². The van der Waals surface area contributed by atoms with Crippen LogP contribution in [0.4, 0.5) is 0 Å². The van der Waals surface area contributed by atoms with Crippen LogP contribution in [0.1, 0.15) is 47.6 Å². The minimum absolute atomic E-state index is 0.136. The van der Waals surface area contributed by atoms with Crippen LogP contribution in [0, 0.1) is 11.3 Å². The normalized spacial score (nSPS) is 20.0. The maximum Gasteiger partial charge on any atom is 0.234 e. The Morgan fingerprint density at radius 2 is 1.77 bits per heavy atom. The maximum atomic E-state index is 12.7. The summed E-state index contributed by atoms with van der Waals surface area (Å²) in [6.45, 7) is 5.23. The lowest BCUT2D eigenvalue weighted by Crippen LogP contribution is -2.41. The number of hydrogen-bond donors (Lipinski definition) is 1. The quantitative estimate of drug-likeness (QED) is 0.834. The predicted molar refractivity (Wildman–Crippen MR) is 118 cm³/mol. The molecule has 2 aromatic rings. The van der Waals surface area contributed by atoms with Crippen LogP contribution in [-0.2, 0) is 17.8 Å². The van der Waals surface area contributed by atoms with E-state index < -0.39 is 0 Å². The summed E-state index contributed by atoms with van der Waals surface area (Å²) in [6, 6.07) is 18.7. The van der Waals surface area contributed by atoms with Crippen molar-refractivity contribution >= 4 is 5.91 Å². The van der Waals surface area contributed by atoms with Crippen LogP contribution in [0.3, 0.4) is 0 Å². The Kier molecular flexibility index (Phi) is 6.78. The van der Waals surface area contributed by atoms with Gasteiger partial charge in [-0.1, -0.05) is 36.4 Å². The number of benzene rings is 2. The molecular formula is C25H30N4O. The minimum atomic E-state index is 0.136. The summed E-state index contributed by atoms with van der Waals surface area (Å²) in [6.07, 6.45) is 4.34. The third-order valence-corrected chi connectivity index (χ3v) is 6.24. The van der Waals surface area contributed by atoms with Crippen molar-refractivity contribution in [3.05, 3.63) is 70.8 Å². The zero-order valence-corrected chi connectivity index (χ0v) is 17.5. The molecule has 0 aromatic heterocycles. The molecule has 1 aliphatic heterocycles. The van der Waals surface area contributed by atoms with Crippen LogP contribution in [0.15, 0.2) is 48.5 Å². The molecule has 2 aliphatic rings. The van der Waals surface area contributed by atoms with Crippen molar-refractivity contribution < 1.29 is 4.79 Å². The van der Waals surface area contributed by atoms with E-state index in [1.165, 1.54) is 16.7 Å². The van der Waals surface area contributed by atoms with Gasteiger partial charge in [0.15, 0.2) is 0 Å². The molecule has 1 heterocycles. The third-order valence-electron chi connectivity index (χ3n) is 6.24. The van der Waals surface area contributed by atoms with Gasteiger partial charge >= 0.3 is 0 Å². The highest BCUT2D eigenvalue weighted by molar-refractivity contribution is 5.78. The smallest absolute Gasteiger partial charge is 0.234 e. The Bertz CT molecular complexity index is 902. The third kappa shape index (κ3) is 5.27. The van der Waals surface area contributed by atoms with Crippen LogP contribution in [-0.4, -0.2) is 48.4 Å². The van der Waals surface area contributed by atoms with Gasteiger partial charge in [0, 0.05) is 19.6 Å². The summed E-state index contributed by atoms with van der Waals surface area (Å²) in [5, 5.41) is 12.2. The number of rotatable bonds is 5. The molecule has 30 heavy (non-hydrogen) atoms. The van der Waals surface area contributed by atoms with E-state index in [1.807, 2.05) is 24.3 Å². The van der Waals surface area contributed by atoms with E-state index in [0.29, 0.717) is 12.1 Å². The molecule has 0 radical (unpaired) electrons. The molecule has 5 nitrogen and oxygen atoms in total. The van der Waals surface area contributed by atoms with Gasteiger partial charge in [0.2, 0.25) is 5.91 Å². The topological polar surface area (TPSA) is 59.4 Å². The second kappa shape index (κ2) is 9.88. The van der Waals surface area contributed by atoms with Gasteiger partial charge in [-0.2, -0.15) is 5.26 Å². The average molecular weight is 403 g/mol.